The van der Waals surface area contributed by atoms with E-state index in [-0.39, 0.29) is 0 Å². The zero-order valence-corrected chi connectivity index (χ0v) is 22.1. The predicted octanol–water partition coefficient (Wildman–Crippen LogP) is 10.0. The lowest BCUT2D eigenvalue weighted by Gasteiger charge is -2.32. The third-order valence-electron chi connectivity index (χ3n) is 7.30. The summed E-state index contributed by atoms with van der Waals surface area (Å²) < 4.78 is 0. The molecule has 2 aliphatic rings. The van der Waals surface area contributed by atoms with Crippen LogP contribution in [0.25, 0.3) is 0 Å². The molecule has 0 aromatic heterocycles. The number of nitrogens with zero attached hydrogens (tertiary/aromatic N) is 2. The maximum atomic E-state index is 4.60. The van der Waals surface area contributed by atoms with Crippen molar-refractivity contribution in [3.8, 4) is 0 Å². The van der Waals surface area contributed by atoms with Crippen LogP contribution in [-0.4, -0.2) is 0 Å². The van der Waals surface area contributed by atoms with Crippen molar-refractivity contribution < 1.29 is 0 Å². The van der Waals surface area contributed by atoms with Crippen LogP contribution in [0.1, 0.15) is 19.3 Å². The first-order chi connectivity index (χ1) is 19.3. The Morgan fingerprint density at radius 2 is 0.974 bits per heavy atom. The molecule has 0 radical (unpaired) electrons. The van der Waals surface area contributed by atoms with Crippen molar-refractivity contribution >= 4 is 22.7 Å². The van der Waals surface area contributed by atoms with Gasteiger partial charge in [0.1, 0.15) is 0 Å². The molecule has 0 amide bonds. The molecule has 2 aliphatic carbocycles. The summed E-state index contributed by atoms with van der Waals surface area (Å²) >= 11 is 0. The highest BCUT2D eigenvalue weighted by atomic mass is 15.2. The number of hydrogen-bond acceptors (Lipinski definition) is 2. The maximum absolute atomic E-state index is 4.60. The molecule has 4 aromatic carbocycles. The van der Waals surface area contributed by atoms with E-state index < -0.39 is 0 Å². The lowest BCUT2D eigenvalue weighted by atomic mass is 9.87. The normalized spacial score (nSPS) is 17.2. The van der Waals surface area contributed by atoms with Crippen molar-refractivity contribution in [3.63, 3.8) is 0 Å². The molecule has 0 atom stereocenters. The van der Waals surface area contributed by atoms with Gasteiger partial charge in [-0.15, -0.1) is 0 Å². The number of allylic oxidation sites excluding steroid dienone is 8. The molecule has 0 unspecified atom stereocenters. The van der Waals surface area contributed by atoms with Crippen LogP contribution in [-0.2, 0) is 0 Å². The minimum absolute atomic E-state index is 0.920. The SMILES string of the molecule is C=C1/C=C(N(c2ccccc2)c2ccccc2)\C=C/CC2=C1C=C(N(c1ccccc1)c1ccccc1)CC2. The summed E-state index contributed by atoms with van der Waals surface area (Å²) in [5.74, 6) is 0. The van der Waals surface area contributed by atoms with Crippen LogP contribution in [0.15, 0.2) is 180 Å². The van der Waals surface area contributed by atoms with Gasteiger partial charge in [0.15, 0.2) is 0 Å². The summed E-state index contributed by atoms with van der Waals surface area (Å²) in [5.41, 5.74) is 10.7. The molecule has 0 N–H and O–H groups in total. The Labute approximate surface area is 231 Å². The second-order valence-electron chi connectivity index (χ2n) is 9.87. The standard InChI is InChI=1S/C37H32N2/c1-29-27-35(38(31-16-6-2-7-17-31)32-18-8-3-9-19-32)24-14-15-30-25-26-36(28-37(29)30)39(33-20-10-4-11-21-33)34-22-12-5-13-23-34/h2-14,16-24,27-28H,1,15,25-26H2/b24-14-,35-27+. The molecule has 2 nitrogen and oxygen atoms in total. The zero-order chi connectivity index (χ0) is 26.4. The summed E-state index contributed by atoms with van der Waals surface area (Å²) in [6, 6.07) is 42.4. The number of rotatable bonds is 6. The highest BCUT2D eigenvalue weighted by molar-refractivity contribution is 5.73. The number of anilines is 4. The van der Waals surface area contributed by atoms with Gasteiger partial charge in [-0.2, -0.15) is 0 Å². The lowest BCUT2D eigenvalue weighted by molar-refractivity contribution is 0.840. The van der Waals surface area contributed by atoms with E-state index in [0.29, 0.717) is 0 Å². The fourth-order valence-corrected chi connectivity index (χ4v) is 5.46. The largest absolute Gasteiger partial charge is 0.314 e. The first-order valence-corrected chi connectivity index (χ1v) is 13.6. The van der Waals surface area contributed by atoms with Gasteiger partial charge < -0.3 is 9.80 Å². The van der Waals surface area contributed by atoms with E-state index in [1.807, 2.05) is 0 Å². The monoisotopic (exact) mass is 504 g/mol. The van der Waals surface area contributed by atoms with Crippen LogP contribution >= 0.6 is 0 Å². The molecule has 0 heterocycles. The Morgan fingerprint density at radius 1 is 0.513 bits per heavy atom. The van der Waals surface area contributed by atoms with Gasteiger partial charge in [0, 0.05) is 34.1 Å². The van der Waals surface area contributed by atoms with Crippen molar-refractivity contribution in [2.45, 2.75) is 19.3 Å². The van der Waals surface area contributed by atoms with Crippen molar-refractivity contribution in [2.24, 2.45) is 0 Å². The van der Waals surface area contributed by atoms with Gasteiger partial charge in [0.2, 0.25) is 0 Å². The molecular weight excluding hydrogens is 472 g/mol. The van der Waals surface area contributed by atoms with Crippen molar-refractivity contribution in [3.05, 3.63) is 180 Å². The Hall–Kier alpha value is -4.82. The maximum Gasteiger partial charge on any atom is 0.0464 e. The second-order valence-corrected chi connectivity index (χ2v) is 9.87. The van der Waals surface area contributed by atoms with E-state index in [2.05, 4.69) is 162 Å². The van der Waals surface area contributed by atoms with Crippen LogP contribution in [0.3, 0.4) is 0 Å². The van der Waals surface area contributed by atoms with Crippen molar-refractivity contribution in [2.75, 3.05) is 9.80 Å². The average Bonchev–Trinajstić information content (AvgIpc) is 2.99. The van der Waals surface area contributed by atoms with Gasteiger partial charge in [-0.1, -0.05) is 91.0 Å². The first-order valence-electron chi connectivity index (χ1n) is 13.6. The van der Waals surface area contributed by atoms with E-state index in [0.717, 1.165) is 41.9 Å². The molecule has 0 saturated heterocycles. The lowest BCUT2D eigenvalue weighted by Crippen LogP contribution is -2.20. The number of hydrogen-bond donors (Lipinski definition) is 0. The smallest absolute Gasteiger partial charge is 0.0464 e. The van der Waals surface area contributed by atoms with Gasteiger partial charge in [-0.3, -0.25) is 0 Å². The third-order valence-corrected chi connectivity index (χ3v) is 7.30. The van der Waals surface area contributed by atoms with Crippen molar-refractivity contribution in [1.82, 2.24) is 0 Å². The molecule has 0 saturated carbocycles. The Balaban J connectivity index is 1.42. The summed E-state index contributed by atoms with van der Waals surface area (Å²) in [6.45, 7) is 4.60. The van der Waals surface area contributed by atoms with Gasteiger partial charge in [0.05, 0.1) is 0 Å². The van der Waals surface area contributed by atoms with Crippen LogP contribution in [0.4, 0.5) is 22.7 Å². The molecule has 0 aliphatic heterocycles. The van der Waals surface area contributed by atoms with Crippen molar-refractivity contribution in [1.29, 1.82) is 0 Å². The zero-order valence-electron chi connectivity index (χ0n) is 22.1. The van der Waals surface area contributed by atoms with Gasteiger partial charge >= 0.3 is 0 Å². The predicted molar refractivity (Wildman–Crippen MR) is 165 cm³/mol. The minimum Gasteiger partial charge on any atom is -0.314 e. The van der Waals surface area contributed by atoms with Gasteiger partial charge in [-0.05, 0) is 97.2 Å². The van der Waals surface area contributed by atoms with Gasteiger partial charge in [0.25, 0.3) is 0 Å². The summed E-state index contributed by atoms with van der Waals surface area (Å²) in [6.07, 6.45) is 12.1. The van der Waals surface area contributed by atoms with E-state index in [9.17, 15) is 0 Å². The molecule has 0 fully saturated rings. The fraction of sp³-hybridized carbons (Fsp3) is 0.0811. The summed E-state index contributed by atoms with van der Waals surface area (Å²) in [5, 5.41) is 0. The van der Waals surface area contributed by atoms with E-state index in [4.69, 9.17) is 0 Å². The molecular formula is C37H32N2. The molecule has 6 rings (SSSR count). The number of benzene rings is 4. The quantitative estimate of drug-likeness (QED) is 0.258. The molecule has 190 valence electrons. The molecule has 0 bridgehead atoms. The molecule has 2 heteroatoms. The Kier molecular flexibility index (Phi) is 7.09. The second kappa shape index (κ2) is 11.3. The van der Waals surface area contributed by atoms with E-state index in [1.165, 1.54) is 28.2 Å². The summed E-state index contributed by atoms with van der Waals surface area (Å²) in [7, 11) is 0. The van der Waals surface area contributed by atoms with Crippen LogP contribution in [0.2, 0.25) is 0 Å². The minimum atomic E-state index is 0.920. The third kappa shape index (κ3) is 5.28. The van der Waals surface area contributed by atoms with E-state index in [1.54, 1.807) is 0 Å². The summed E-state index contributed by atoms with van der Waals surface area (Å²) in [4.78, 5) is 4.69. The molecule has 39 heavy (non-hydrogen) atoms. The van der Waals surface area contributed by atoms with Crippen LogP contribution < -0.4 is 9.80 Å². The average molecular weight is 505 g/mol. The van der Waals surface area contributed by atoms with Crippen LogP contribution in [0.5, 0.6) is 0 Å². The first kappa shape index (κ1) is 24.5. The molecule has 4 aromatic rings. The highest BCUT2D eigenvalue weighted by Gasteiger charge is 2.23. The highest BCUT2D eigenvalue weighted by Crippen LogP contribution is 2.40. The van der Waals surface area contributed by atoms with Gasteiger partial charge in [-0.25, -0.2) is 0 Å². The van der Waals surface area contributed by atoms with E-state index >= 15 is 0 Å². The number of para-hydroxylation sites is 4. The Morgan fingerprint density at radius 3 is 1.46 bits per heavy atom. The topological polar surface area (TPSA) is 6.48 Å². The molecule has 0 spiro atoms. The Bertz CT molecular complexity index is 1480. The fourth-order valence-electron chi connectivity index (χ4n) is 5.46. The van der Waals surface area contributed by atoms with Crippen LogP contribution in [0, 0.1) is 0 Å².